The summed E-state index contributed by atoms with van der Waals surface area (Å²) in [5.41, 5.74) is -3.81. The summed E-state index contributed by atoms with van der Waals surface area (Å²) >= 11 is 5.88. The zero-order chi connectivity index (χ0) is 24.1. The first-order valence-corrected chi connectivity index (χ1v) is 9.52. The SMILES string of the molecule is CCCOC(=O)C(OCC)OC(=O)c1cc(-n2ncc(C(F)(F)F)cc2=O)c(F)cc1Cl. The van der Waals surface area contributed by atoms with E-state index in [-0.39, 0.29) is 19.3 Å². The molecule has 1 aromatic heterocycles. The van der Waals surface area contributed by atoms with Crippen LogP contribution in [0.25, 0.3) is 5.69 Å². The van der Waals surface area contributed by atoms with Crippen LogP contribution in [0.15, 0.2) is 29.2 Å². The average Bonchev–Trinajstić information content (AvgIpc) is 2.71. The van der Waals surface area contributed by atoms with E-state index in [1.165, 1.54) is 6.92 Å². The van der Waals surface area contributed by atoms with E-state index in [9.17, 15) is 31.9 Å². The normalized spacial score (nSPS) is 12.3. The fourth-order valence-corrected chi connectivity index (χ4v) is 2.56. The molecule has 0 aliphatic heterocycles. The van der Waals surface area contributed by atoms with Crippen molar-refractivity contribution in [2.24, 2.45) is 0 Å². The zero-order valence-corrected chi connectivity index (χ0v) is 17.5. The summed E-state index contributed by atoms with van der Waals surface area (Å²) in [6.45, 7) is 3.29. The lowest BCUT2D eigenvalue weighted by Crippen LogP contribution is -2.32. The van der Waals surface area contributed by atoms with Crippen molar-refractivity contribution in [1.82, 2.24) is 9.78 Å². The molecule has 0 amide bonds. The third-order valence-electron chi connectivity index (χ3n) is 3.78. The first-order valence-electron chi connectivity index (χ1n) is 9.14. The van der Waals surface area contributed by atoms with Gasteiger partial charge in [-0.1, -0.05) is 18.5 Å². The van der Waals surface area contributed by atoms with Gasteiger partial charge >= 0.3 is 24.4 Å². The molecule has 8 nitrogen and oxygen atoms in total. The molecule has 0 saturated carbocycles. The molecule has 0 radical (unpaired) electrons. The minimum absolute atomic E-state index is 0.0214. The Labute approximate surface area is 183 Å². The van der Waals surface area contributed by atoms with Crippen molar-refractivity contribution in [1.29, 1.82) is 0 Å². The number of halogens is 5. The maximum Gasteiger partial charge on any atom is 0.418 e. The van der Waals surface area contributed by atoms with E-state index in [4.69, 9.17) is 25.8 Å². The van der Waals surface area contributed by atoms with Gasteiger partial charge in [0.25, 0.3) is 5.56 Å². The molecular weight excluding hydrogens is 464 g/mol. The van der Waals surface area contributed by atoms with Gasteiger partial charge in [0, 0.05) is 12.7 Å². The first-order chi connectivity index (χ1) is 15.0. The minimum atomic E-state index is -4.83. The number of nitrogens with zero attached hydrogens (tertiary/aromatic N) is 2. The molecule has 0 N–H and O–H groups in total. The van der Waals surface area contributed by atoms with E-state index in [0.717, 1.165) is 6.07 Å². The number of hydrogen-bond donors (Lipinski definition) is 0. The van der Waals surface area contributed by atoms with Crippen LogP contribution in [0, 0.1) is 5.82 Å². The molecule has 1 heterocycles. The lowest BCUT2D eigenvalue weighted by Gasteiger charge is -2.17. The molecule has 1 unspecified atom stereocenters. The molecule has 0 aliphatic carbocycles. The lowest BCUT2D eigenvalue weighted by molar-refractivity contribution is -0.183. The van der Waals surface area contributed by atoms with E-state index in [0.29, 0.717) is 23.4 Å². The molecule has 0 aliphatic rings. The van der Waals surface area contributed by atoms with Gasteiger partial charge in [0.2, 0.25) is 0 Å². The molecule has 0 bridgehead atoms. The van der Waals surface area contributed by atoms with Gasteiger partial charge in [0.15, 0.2) is 5.82 Å². The molecule has 2 rings (SSSR count). The highest BCUT2D eigenvalue weighted by Crippen LogP contribution is 2.28. The number of rotatable bonds is 8. The fourth-order valence-electron chi connectivity index (χ4n) is 2.33. The van der Waals surface area contributed by atoms with Crippen molar-refractivity contribution in [3.8, 4) is 5.69 Å². The average molecular weight is 481 g/mol. The summed E-state index contributed by atoms with van der Waals surface area (Å²) < 4.78 is 67.7. The van der Waals surface area contributed by atoms with Crippen molar-refractivity contribution < 1.29 is 41.4 Å². The number of carbonyl (C=O) groups excluding carboxylic acids is 2. The van der Waals surface area contributed by atoms with Crippen LogP contribution in [0.3, 0.4) is 0 Å². The molecule has 0 spiro atoms. The molecular formula is C19H17ClF4N2O6. The highest BCUT2D eigenvalue weighted by molar-refractivity contribution is 6.33. The molecule has 174 valence electrons. The van der Waals surface area contributed by atoms with Crippen molar-refractivity contribution >= 4 is 23.5 Å². The van der Waals surface area contributed by atoms with Crippen LogP contribution in [0.4, 0.5) is 17.6 Å². The second-order valence-corrected chi connectivity index (χ2v) is 6.54. The second-order valence-electron chi connectivity index (χ2n) is 6.14. The number of alkyl halides is 3. The summed E-state index contributed by atoms with van der Waals surface area (Å²) in [5.74, 6) is -3.37. The van der Waals surface area contributed by atoms with Crippen molar-refractivity contribution in [3.05, 3.63) is 56.7 Å². The van der Waals surface area contributed by atoms with Gasteiger partial charge in [0.05, 0.1) is 29.0 Å². The Kier molecular flexibility index (Phi) is 8.33. The molecule has 0 fully saturated rings. The van der Waals surface area contributed by atoms with Gasteiger partial charge in [-0.25, -0.2) is 14.0 Å². The molecule has 13 heteroatoms. The molecule has 0 saturated heterocycles. The maximum absolute atomic E-state index is 14.4. The van der Waals surface area contributed by atoms with Gasteiger partial charge in [-0.3, -0.25) is 4.79 Å². The lowest BCUT2D eigenvalue weighted by atomic mass is 10.2. The predicted octanol–water partition coefficient (Wildman–Crippen LogP) is 3.52. The van der Waals surface area contributed by atoms with E-state index < -0.39 is 57.6 Å². The van der Waals surface area contributed by atoms with E-state index >= 15 is 0 Å². The monoisotopic (exact) mass is 480 g/mol. The third kappa shape index (κ3) is 6.04. The van der Waals surface area contributed by atoms with Crippen LogP contribution < -0.4 is 5.56 Å². The van der Waals surface area contributed by atoms with Crippen molar-refractivity contribution in [3.63, 3.8) is 0 Å². The van der Waals surface area contributed by atoms with E-state index in [1.54, 1.807) is 6.92 Å². The summed E-state index contributed by atoms with van der Waals surface area (Å²) in [6.07, 6.45) is -5.75. The fraction of sp³-hybridized carbons (Fsp3) is 0.368. The molecule has 32 heavy (non-hydrogen) atoms. The Morgan fingerprint density at radius 2 is 1.91 bits per heavy atom. The standard InChI is InChI=1S/C19H17ClF4N2O6/c1-3-5-31-17(29)18(30-4-2)32-16(28)11-7-14(13(21)8-12(11)20)26-15(27)6-10(9-25-26)19(22,23)24/h6-9,18H,3-5H2,1-2H3. The van der Waals surface area contributed by atoms with Crippen LogP contribution in [0.1, 0.15) is 36.2 Å². The van der Waals surface area contributed by atoms with Gasteiger partial charge in [-0.15, -0.1) is 0 Å². The Bertz CT molecular complexity index is 1060. The smallest absolute Gasteiger partial charge is 0.418 e. The van der Waals surface area contributed by atoms with Crippen LogP contribution in [-0.4, -0.2) is 41.2 Å². The number of hydrogen-bond acceptors (Lipinski definition) is 7. The molecule has 1 atom stereocenters. The zero-order valence-electron chi connectivity index (χ0n) is 16.7. The van der Waals surface area contributed by atoms with Gasteiger partial charge in [-0.2, -0.15) is 23.0 Å². The first kappa shape index (κ1) is 25.3. The van der Waals surface area contributed by atoms with Crippen LogP contribution in [0.2, 0.25) is 5.02 Å². The summed E-state index contributed by atoms with van der Waals surface area (Å²) in [5, 5.41) is 2.86. The Hall–Kier alpha value is -2.99. The highest BCUT2D eigenvalue weighted by atomic mass is 35.5. The topological polar surface area (TPSA) is 96.7 Å². The minimum Gasteiger partial charge on any atom is -0.461 e. The Morgan fingerprint density at radius 3 is 2.47 bits per heavy atom. The van der Waals surface area contributed by atoms with Crippen molar-refractivity contribution in [2.75, 3.05) is 13.2 Å². The molecule has 2 aromatic rings. The van der Waals surface area contributed by atoms with Crippen LogP contribution in [-0.2, 0) is 25.2 Å². The predicted molar refractivity (Wildman–Crippen MR) is 102 cm³/mol. The highest BCUT2D eigenvalue weighted by Gasteiger charge is 2.32. The van der Waals surface area contributed by atoms with E-state index in [1.807, 2.05) is 0 Å². The number of benzene rings is 1. The Balaban J connectivity index is 2.41. The number of ether oxygens (including phenoxy) is 3. The molecule has 1 aromatic carbocycles. The second kappa shape index (κ2) is 10.6. The number of aromatic nitrogens is 2. The summed E-state index contributed by atoms with van der Waals surface area (Å²) in [6, 6.07) is 1.61. The van der Waals surface area contributed by atoms with Gasteiger partial charge in [0.1, 0.15) is 5.69 Å². The summed E-state index contributed by atoms with van der Waals surface area (Å²) in [4.78, 5) is 36.6. The van der Waals surface area contributed by atoms with E-state index in [2.05, 4.69) is 5.10 Å². The van der Waals surface area contributed by atoms with Crippen LogP contribution in [0.5, 0.6) is 0 Å². The van der Waals surface area contributed by atoms with Crippen molar-refractivity contribution in [2.45, 2.75) is 32.7 Å². The van der Waals surface area contributed by atoms with Gasteiger partial charge in [-0.05, 0) is 25.5 Å². The van der Waals surface area contributed by atoms with Gasteiger partial charge < -0.3 is 14.2 Å². The number of carbonyl (C=O) groups is 2. The Morgan fingerprint density at radius 1 is 1.22 bits per heavy atom. The third-order valence-corrected chi connectivity index (χ3v) is 4.10. The largest absolute Gasteiger partial charge is 0.461 e. The summed E-state index contributed by atoms with van der Waals surface area (Å²) in [7, 11) is 0. The van der Waals surface area contributed by atoms with Crippen LogP contribution >= 0.6 is 11.6 Å². The number of esters is 2. The quantitative estimate of drug-likeness (QED) is 0.324. The maximum atomic E-state index is 14.4.